The van der Waals surface area contributed by atoms with Crippen LogP contribution in [0.25, 0.3) is 33.3 Å². The second-order valence-corrected chi connectivity index (χ2v) is 4.25. The van der Waals surface area contributed by atoms with Gasteiger partial charge in [-0.3, -0.25) is 4.98 Å². The van der Waals surface area contributed by atoms with E-state index in [1.165, 1.54) is 0 Å². The molecule has 86 valence electrons. The third kappa shape index (κ3) is 1.27. The van der Waals surface area contributed by atoms with E-state index in [0.29, 0.717) is 0 Å². The summed E-state index contributed by atoms with van der Waals surface area (Å²) in [6.07, 6.45) is 3.72. The van der Waals surface area contributed by atoms with Gasteiger partial charge in [-0.05, 0) is 24.3 Å². The molecule has 0 unspecified atom stereocenters. The molecule has 0 saturated carbocycles. The summed E-state index contributed by atoms with van der Waals surface area (Å²) in [6, 6.07) is 14.0. The molecule has 3 heterocycles. The number of fused-ring (bicyclic) bond motifs is 2. The maximum atomic E-state index is 5.85. The van der Waals surface area contributed by atoms with Crippen LogP contribution in [0.15, 0.2) is 59.3 Å². The van der Waals surface area contributed by atoms with Crippen molar-refractivity contribution in [3.63, 3.8) is 0 Å². The Bertz CT molecular complexity index is 809. The van der Waals surface area contributed by atoms with E-state index >= 15 is 0 Å². The highest BCUT2D eigenvalue weighted by molar-refractivity contribution is 5.93. The summed E-state index contributed by atoms with van der Waals surface area (Å²) in [5, 5.41) is 2.23. The van der Waals surface area contributed by atoms with Gasteiger partial charge >= 0.3 is 0 Å². The number of H-pyrrole nitrogens is 1. The highest BCUT2D eigenvalue weighted by Crippen LogP contribution is 2.30. The lowest BCUT2D eigenvalue weighted by Gasteiger charge is -1.97. The van der Waals surface area contributed by atoms with Crippen LogP contribution in [-0.4, -0.2) is 9.97 Å². The van der Waals surface area contributed by atoms with Crippen molar-refractivity contribution in [1.82, 2.24) is 9.97 Å². The van der Waals surface area contributed by atoms with Gasteiger partial charge in [-0.1, -0.05) is 18.2 Å². The van der Waals surface area contributed by atoms with E-state index in [1.54, 1.807) is 6.20 Å². The quantitative estimate of drug-likeness (QED) is 0.541. The Morgan fingerprint density at radius 3 is 2.89 bits per heavy atom. The second-order valence-electron chi connectivity index (χ2n) is 4.25. The average molecular weight is 234 g/mol. The molecule has 0 amide bonds. The van der Waals surface area contributed by atoms with E-state index in [2.05, 4.69) is 9.97 Å². The molecule has 0 aliphatic carbocycles. The predicted octanol–water partition coefficient (Wildman–Crippen LogP) is 3.98. The van der Waals surface area contributed by atoms with Crippen molar-refractivity contribution < 1.29 is 4.42 Å². The van der Waals surface area contributed by atoms with Gasteiger partial charge in [0, 0.05) is 23.2 Å². The lowest BCUT2D eigenvalue weighted by atomic mass is 10.2. The number of aromatic nitrogens is 2. The molecule has 1 N–H and O–H groups in total. The minimum Gasteiger partial charge on any atom is -0.454 e. The van der Waals surface area contributed by atoms with E-state index in [9.17, 15) is 0 Å². The van der Waals surface area contributed by atoms with Gasteiger partial charge in [-0.2, -0.15) is 0 Å². The van der Waals surface area contributed by atoms with Gasteiger partial charge in [0.1, 0.15) is 11.3 Å². The van der Waals surface area contributed by atoms with Crippen molar-refractivity contribution in [3.05, 3.63) is 54.9 Å². The topological polar surface area (TPSA) is 41.8 Å². The summed E-state index contributed by atoms with van der Waals surface area (Å²) in [4.78, 5) is 7.63. The zero-order valence-electron chi connectivity index (χ0n) is 9.55. The first-order valence-corrected chi connectivity index (χ1v) is 5.83. The lowest BCUT2D eigenvalue weighted by Crippen LogP contribution is -1.82. The highest BCUT2D eigenvalue weighted by Gasteiger charge is 2.11. The van der Waals surface area contributed by atoms with Crippen LogP contribution in [0.4, 0.5) is 0 Å². The van der Waals surface area contributed by atoms with E-state index < -0.39 is 0 Å². The number of para-hydroxylation sites is 1. The zero-order chi connectivity index (χ0) is 11.9. The van der Waals surface area contributed by atoms with Crippen LogP contribution in [-0.2, 0) is 0 Å². The molecule has 0 atom stereocenters. The van der Waals surface area contributed by atoms with Crippen LogP contribution < -0.4 is 0 Å². The number of aromatic amines is 1. The summed E-state index contributed by atoms with van der Waals surface area (Å²) >= 11 is 0. The number of nitrogens with one attached hydrogen (secondary N) is 1. The lowest BCUT2D eigenvalue weighted by molar-refractivity contribution is 0.629. The maximum Gasteiger partial charge on any atom is 0.155 e. The molecule has 0 aliphatic heterocycles. The maximum absolute atomic E-state index is 5.85. The van der Waals surface area contributed by atoms with E-state index in [4.69, 9.17) is 4.42 Å². The SMILES string of the molecule is c1ccc2oc(-c3nccc4cc[nH]c34)cc2c1. The fraction of sp³-hybridized carbons (Fsp3) is 0. The third-order valence-electron chi connectivity index (χ3n) is 3.13. The minimum absolute atomic E-state index is 0.796. The normalized spacial score (nSPS) is 11.3. The van der Waals surface area contributed by atoms with Crippen LogP contribution in [0, 0.1) is 0 Å². The van der Waals surface area contributed by atoms with Crippen LogP contribution >= 0.6 is 0 Å². The van der Waals surface area contributed by atoms with Crippen LogP contribution in [0.5, 0.6) is 0 Å². The summed E-state index contributed by atoms with van der Waals surface area (Å²) < 4.78 is 5.85. The molecule has 0 bridgehead atoms. The van der Waals surface area contributed by atoms with Gasteiger partial charge in [0.25, 0.3) is 0 Å². The Balaban J connectivity index is 2.04. The van der Waals surface area contributed by atoms with Crippen LogP contribution in [0.1, 0.15) is 0 Å². The molecular formula is C15H10N2O. The molecule has 3 aromatic heterocycles. The highest BCUT2D eigenvalue weighted by atomic mass is 16.3. The van der Waals surface area contributed by atoms with Crippen molar-refractivity contribution in [2.45, 2.75) is 0 Å². The van der Waals surface area contributed by atoms with Gasteiger partial charge in [0.2, 0.25) is 0 Å². The predicted molar refractivity (Wildman–Crippen MR) is 71.3 cm³/mol. The Labute approximate surface area is 103 Å². The number of benzene rings is 1. The van der Waals surface area contributed by atoms with Gasteiger partial charge in [-0.15, -0.1) is 0 Å². The van der Waals surface area contributed by atoms with Crippen molar-refractivity contribution >= 4 is 21.9 Å². The molecule has 1 aromatic carbocycles. The monoisotopic (exact) mass is 234 g/mol. The summed E-state index contributed by atoms with van der Waals surface area (Å²) in [5.74, 6) is 0.796. The van der Waals surface area contributed by atoms with Gasteiger partial charge < -0.3 is 9.40 Å². The van der Waals surface area contributed by atoms with Crippen molar-refractivity contribution in [2.24, 2.45) is 0 Å². The first-order chi connectivity index (χ1) is 8.92. The Kier molecular flexibility index (Phi) is 1.83. The molecule has 3 nitrogen and oxygen atoms in total. The third-order valence-corrected chi connectivity index (χ3v) is 3.13. The molecule has 4 aromatic rings. The van der Waals surface area contributed by atoms with Gasteiger partial charge in [0.15, 0.2) is 5.76 Å². The smallest absolute Gasteiger partial charge is 0.155 e. The molecule has 0 saturated heterocycles. The second kappa shape index (κ2) is 3.47. The number of rotatable bonds is 1. The molecule has 0 spiro atoms. The average Bonchev–Trinajstić information content (AvgIpc) is 3.04. The van der Waals surface area contributed by atoms with E-state index in [0.717, 1.165) is 33.3 Å². The fourth-order valence-electron chi connectivity index (χ4n) is 2.27. The van der Waals surface area contributed by atoms with Gasteiger partial charge in [-0.25, -0.2) is 0 Å². The van der Waals surface area contributed by atoms with E-state index in [-0.39, 0.29) is 0 Å². The fourth-order valence-corrected chi connectivity index (χ4v) is 2.27. The summed E-state index contributed by atoms with van der Waals surface area (Å²) in [7, 11) is 0. The number of hydrogen-bond donors (Lipinski definition) is 1. The largest absolute Gasteiger partial charge is 0.454 e. The molecular weight excluding hydrogens is 224 g/mol. The number of pyridine rings is 1. The standard InChI is InChI=1S/C15H10N2O/c1-2-4-12-11(3-1)9-13(18-12)15-14-10(5-7-16-14)6-8-17-15/h1-9,16H. The summed E-state index contributed by atoms with van der Waals surface area (Å²) in [5.41, 5.74) is 2.75. The van der Waals surface area contributed by atoms with Gasteiger partial charge in [0.05, 0.1) is 5.52 Å². The Morgan fingerprint density at radius 2 is 1.94 bits per heavy atom. The van der Waals surface area contributed by atoms with Crippen molar-refractivity contribution in [1.29, 1.82) is 0 Å². The first-order valence-electron chi connectivity index (χ1n) is 5.83. The molecule has 4 rings (SSSR count). The minimum atomic E-state index is 0.796. The number of nitrogens with zero attached hydrogens (tertiary/aromatic N) is 1. The van der Waals surface area contributed by atoms with Crippen LogP contribution in [0.3, 0.4) is 0 Å². The summed E-state index contributed by atoms with van der Waals surface area (Å²) in [6.45, 7) is 0. The first kappa shape index (κ1) is 9.48. The molecule has 0 fully saturated rings. The Hall–Kier alpha value is -2.55. The van der Waals surface area contributed by atoms with Crippen molar-refractivity contribution in [3.8, 4) is 11.5 Å². The Morgan fingerprint density at radius 1 is 1.00 bits per heavy atom. The van der Waals surface area contributed by atoms with E-state index in [1.807, 2.05) is 48.7 Å². The zero-order valence-corrected chi connectivity index (χ0v) is 9.55. The molecule has 18 heavy (non-hydrogen) atoms. The molecule has 0 aliphatic rings. The molecule has 3 heteroatoms. The number of furan rings is 1. The molecule has 0 radical (unpaired) electrons. The number of hydrogen-bond acceptors (Lipinski definition) is 2. The van der Waals surface area contributed by atoms with Crippen LogP contribution in [0.2, 0.25) is 0 Å². The van der Waals surface area contributed by atoms with Crippen molar-refractivity contribution in [2.75, 3.05) is 0 Å².